The van der Waals surface area contributed by atoms with Crippen LogP contribution in [0.4, 0.5) is 0 Å². The molecule has 2 aromatic heterocycles. The van der Waals surface area contributed by atoms with Crippen LogP contribution < -0.4 is 5.32 Å². The summed E-state index contributed by atoms with van der Waals surface area (Å²) >= 11 is 0. The Morgan fingerprint density at radius 3 is 2.52 bits per heavy atom. The lowest BCUT2D eigenvalue weighted by atomic mass is 10.1. The molecule has 0 aliphatic heterocycles. The Kier molecular flexibility index (Phi) is 6.64. The predicted molar refractivity (Wildman–Crippen MR) is 95.9 cm³/mol. The number of hydrogen-bond donors (Lipinski definition) is 1. The number of aryl methyl sites for hydroxylation is 3. The van der Waals surface area contributed by atoms with Gasteiger partial charge in [0.15, 0.2) is 0 Å². The first-order valence-electron chi connectivity index (χ1n) is 8.64. The summed E-state index contributed by atoms with van der Waals surface area (Å²) in [5.74, 6) is 0.532. The van der Waals surface area contributed by atoms with Crippen molar-refractivity contribution in [3.05, 3.63) is 34.4 Å². The van der Waals surface area contributed by atoms with Crippen molar-refractivity contribution in [2.24, 2.45) is 0 Å². The molecule has 1 N–H and O–H groups in total. The molecule has 25 heavy (non-hydrogen) atoms. The standard InChI is InChI=1S/C18H27N5O2/c1-6-25-9-7-8-19-17(24)11-16-14(4)22-23(15(16)5)18-20-12(2)10-13(3)21-18/h10H,6-9,11H2,1-5H3,(H,19,24). The Labute approximate surface area is 148 Å². The van der Waals surface area contributed by atoms with E-state index in [9.17, 15) is 4.79 Å². The summed E-state index contributed by atoms with van der Waals surface area (Å²) in [4.78, 5) is 21.1. The van der Waals surface area contributed by atoms with E-state index in [-0.39, 0.29) is 5.91 Å². The highest BCUT2D eigenvalue weighted by atomic mass is 16.5. The van der Waals surface area contributed by atoms with E-state index < -0.39 is 0 Å². The van der Waals surface area contributed by atoms with Crippen molar-refractivity contribution in [2.45, 2.75) is 47.5 Å². The Balaban J connectivity index is 2.07. The van der Waals surface area contributed by atoms with Crippen LogP contribution in [0.1, 0.15) is 41.7 Å². The lowest BCUT2D eigenvalue weighted by Gasteiger charge is -2.07. The maximum absolute atomic E-state index is 12.2. The zero-order valence-electron chi connectivity index (χ0n) is 15.7. The second-order valence-corrected chi connectivity index (χ2v) is 6.09. The molecule has 0 saturated carbocycles. The molecular formula is C18H27N5O2. The fourth-order valence-corrected chi connectivity index (χ4v) is 2.70. The Morgan fingerprint density at radius 1 is 1.20 bits per heavy atom. The van der Waals surface area contributed by atoms with Crippen LogP contribution in [0.3, 0.4) is 0 Å². The summed E-state index contributed by atoms with van der Waals surface area (Å²) in [5.41, 5.74) is 4.43. The predicted octanol–water partition coefficient (Wildman–Crippen LogP) is 1.98. The van der Waals surface area contributed by atoms with Gasteiger partial charge >= 0.3 is 0 Å². The van der Waals surface area contributed by atoms with E-state index in [2.05, 4.69) is 20.4 Å². The van der Waals surface area contributed by atoms with E-state index in [4.69, 9.17) is 4.74 Å². The van der Waals surface area contributed by atoms with Gasteiger partial charge in [-0.25, -0.2) is 14.6 Å². The van der Waals surface area contributed by atoms with E-state index in [1.165, 1.54) is 0 Å². The number of amides is 1. The number of rotatable bonds is 8. The number of carbonyl (C=O) groups excluding carboxylic acids is 1. The number of ether oxygens (including phenoxy) is 1. The van der Waals surface area contributed by atoms with Gasteiger partial charge < -0.3 is 10.1 Å². The Morgan fingerprint density at radius 2 is 1.88 bits per heavy atom. The summed E-state index contributed by atoms with van der Waals surface area (Å²) in [6.45, 7) is 11.7. The van der Waals surface area contributed by atoms with Gasteiger partial charge in [-0.3, -0.25) is 4.79 Å². The van der Waals surface area contributed by atoms with Crippen molar-refractivity contribution in [1.29, 1.82) is 0 Å². The first kappa shape index (κ1) is 19.1. The van der Waals surface area contributed by atoms with Crippen molar-refractivity contribution in [3.63, 3.8) is 0 Å². The number of carbonyl (C=O) groups is 1. The maximum atomic E-state index is 12.2. The molecule has 2 heterocycles. The summed E-state index contributed by atoms with van der Waals surface area (Å²) in [6, 6.07) is 1.92. The first-order chi connectivity index (χ1) is 11.9. The molecule has 0 aliphatic rings. The quantitative estimate of drug-likeness (QED) is 0.740. The minimum Gasteiger partial charge on any atom is -0.382 e. The third-order valence-corrected chi connectivity index (χ3v) is 3.93. The van der Waals surface area contributed by atoms with Gasteiger partial charge in [-0.2, -0.15) is 5.10 Å². The van der Waals surface area contributed by atoms with Crippen LogP contribution in [0.15, 0.2) is 6.07 Å². The molecule has 0 aromatic carbocycles. The fourth-order valence-electron chi connectivity index (χ4n) is 2.70. The van der Waals surface area contributed by atoms with Gasteiger partial charge in [0, 0.05) is 42.4 Å². The monoisotopic (exact) mass is 345 g/mol. The molecule has 0 atom stereocenters. The van der Waals surface area contributed by atoms with E-state index in [1.807, 2.05) is 40.7 Å². The molecular weight excluding hydrogens is 318 g/mol. The molecule has 0 bridgehead atoms. The van der Waals surface area contributed by atoms with Gasteiger partial charge in [0.1, 0.15) is 0 Å². The molecule has 0 fully saturated rings. The molecule has 0 radical (unpaired) electrons. The van der Waals surface area contributed by atoms with E-state index in [1.54, 1.807) is 4.68 Å². The van der Waals surface area contributed by atoms with Crippen molar-refractivity contribution < 1.29 is 9.53 Å². The van der Waals surface area contributed by atoms with Crippen molar-refractivity contribution >= 4 is 5.91 Å². The van der Waals surface area contributed by atoms with Gasteiger partial charge in [-0.15, -0.1) is 0 Å². The van der Waals surface area contributed by atoms with E-state index in [0.717, 1.165) is 34.8 Å². The van der Waals surface area contributed by atoms with Crippen LogP contribution in [0.5, 0.6) is 0 Å². The summed E-state index contributed by atoms with van der Waals surface area (Å²) < 4.78 is 6.98. The summed E-state index contributed by atoms with van der Waals surface area (Å²) in [7, 11) is 0. The van der Waals surface area contributed by atoms with E-state index >= 15 is 0 Å². The second kappa shape index (κ2) is 8.71. The minimum atomic E-state index is -0.0106. The van der Waals surface area contributed by atoms with Crippen LogP contribution in [0, 0.1) is 27.7 Å². The number of nitrogens with one attached hydrogen (secondary N) is 1. The third kappa shape index (κ3) is 5.09. The molecule has 7 nitrogen and oxygen atoms in total. The van der Waals surface area contributed by atoms with Crippen molar-refractivity contribution in [1.82, 2.24) is 25.1 Å². The zero-order valence-corrected chi connectivity index (χ0v) is 15.7. The summed E-state index contributed by atoms with van der Waals surface area (Å²) in [5, 5.41) is 7.45. The number of aromatic nitrogens is 4. The molecule has 0 spiro atoms. The van der Waals surface area contributed by atoms with E-state index in [0.29, 0.717) is 32.1 Å². The van der Waals surface area contributed by atoms with Gasteiger partial charge in [0.25, 0.3) is 5.95 Å². The largest absolute Gasteiger partial charge is 0.382 e. The third-order valence-electron chi connectivity index (χ3n) is 3.93. The highest BCUT2D eigenvalue weighted by Gasteiger charge is 2.17. The minimum absolute atomic E-state index is 0.0106. The van der Waals surface area contributed by atoms with Crippen LogP contribution in [-0.4, -0.2) is 45.4 Å². The highest BCUT2D eigenvalue weighted by Crippen LogP contribution is 2.17. The number of nitrogens with zero attached hydrogens (tertiary/aromatic N) is 4. The molecule has 136 valence electrons. The number of hydrogen-bond acceptors (Lipinski definition) is 5. The molecule has 0 saturated heterocycles. The molecule has 0 aliphatic carbocycles. The van der Waals surface area contributed by atoms with Crippen molar-refractivity contribution in [2.75, 3.05) is 19.8 Å². The zero-order chi connectivity index (χ0) is 18.4. The first-order valence-corrected chi connectivity index (χ1v) is 8.64. The maximum Gasteiger partial charge on any atom is 0.251 e. The second-order valence-electron chi connectivity index (χ2n) is 6.09. The molecule has 7 heteroatoms. The lowest BCUT2D eigenvalue weighted by molar-refractivity contribution is -0.120. The van der Waals surface area contributed by atoms with Crippen LogP contribution in [0.2, 0.25) is 0 Å². The summed E-state index contributed by atoms with van der Waals surface area (Å²) in [6.07, 6.45) is 1.12. The average Bonchev–Trinajstić information content (AvgIpc) is 2.82. The average molecular weight is 345 g/mol. The van der Waals surface area contributed by atoms with Crippen LogP contribution in [-0.2, 0) is 16.0 Å². The fraction of sp³-hybridized carbons (Fsp3) is 0.556. The van der Waals surface area contributed by atoms with Crippen LogP contribution in [0.25, 0.3) is 5.95 Å². The smallest absolute Gasteiger partial charge is 0.251 e. The SMILES string of the molecule is CCOCCCNC(=O)Cc1c(C)nn(-c2nc(C)cc(C)n2)c1C. The topological polar surface area (TPSA) is 81.9 Å². The normalized spacial score (nSPS) is 10.9. The van der Waals surface area contributed by atoms with Gasteiger partial charge in [0.2, 0.25) is 5.91 Å². The van der Waals surface area contributed by atoms with Gasteiger partial charge in [-0.05, 0) is 47.1 Å². The lowest BCUT2D eigenvalue weighted by Crippen LogP contribution is -2.27. The van der Waals surface area contributed by atoms with Crippen LogP contribution >= 0.6 is 0 Å². The molecule has 1 amide bonds. The van der Waals surface area contributed by atoms with Gasteiger partial charge in [0.05, 0.1) is 12.1 Å². The molecule has 0 unspecified atom stereocenters. The molecule has 2 aromatic rings. The van der Waals surface area contributed by atoms with Crippen molar-refractivity contribution in [3.8, 4) is 5.95 Å². The Hall–Kier alpha value is -2.28. The Bertz CT molecular complexity index is 719. The highest BCUT2D eigenvalue weighted by molar-refractivity contribution is 5.79. The molecule has 2 rings (SSSR count). The van der Waals surface area contributed by atoms with Gasteiger partial charge in [-0.1, -0.05) is 0 Å².